The molecule has 1 aliphatic rings. The summed E-state index contributed by atoms with van der Waals surface area (Å²) in [5.41, 5.74) is 2.03. The maximum absolute atomic E-state index is 7.40. The highest BCUT2D eigenvalue weighted by atomic mass is 14.4. The molecule has 0 bridgehead atoms. The molecule has 11 heavy (non-hydrogen) atoms. The lowest BCUT2D eigenvalue weighted by Gasteiger charge is -2.22. The fourth-order valence-corrected chi connectivity index (χ4v) is 1.10. The van der Waals surface area contributed by atoms with E-state index < -0.39 is 0 Å². The van der Waals surface area contributed by atoms with Crippen LogP contribution in [0, 0.1) is 10.8 Å². The Kier molecular flexibility index (Phi) is 1.99. The van der Waals surface area contributed by atoms with Gasteiger partial charge in [0.25, 0.3) is 0 Å². The molecule has 1 rings (SSSR count). The first-order valence-electron chi connectivity index (χ1n) is 3.96. The number of allylic oxidation sites excluding steroid dienone is 4. The van der Waals surface area contributed by atoms with E-state index in [1.807, 2.05) is 13.0 Å². The molecule has 0 aromatic rings. The van der Waals surface area contributed by atoms with E-state index in [-0.39, 0.29) is 0 Å². The molecule has 0 amide bonds. The third-order valence-electron chi connectivity index (χ3n) is 2.00. The minimum Gasteiger partial charge on any atom is -0.305 e. The second-order valence-electron chi connectivity index (χ2n) is 3.81. The molecule has 60 valence electrons. The first-order chi connectivity index (χ1) is 5.01. The van der Waals surface area contributed by atoms with Gasteiger partial charge in [-0.2, -0.15) is 0 Å². The van der Waals surface area contributed by atoms with Crippen molar-refractivity contribution in [1.29, 1.82) is 5.41 Å². The van der Waals surface area contributed by atoms with Crippen molar-refractivity contribution < 1.29 is 0 Å². The van der Waals surface area contributed by atoms with Crippen molar-refractivity contribution in [2.24, 2.45) is 5.41 Å². The Balaban J connectivity index is 2.75. The fraction of sp³-hybridized carbons (Fsp3) is 0.500. The van der Waals surface area contributed by atoms with Crippen molar-refractivity contribution in [2.75, 3.05) is 0 Å². The minimum absolute atomic E-state index is 0.291. The van der Waals surface area contributed by atoms with Gasteiger partial charge in [-0.1, -0.05) is 32.1 Å². The summed E-state index contributed by atoms with van der Waals surface area (Å²) < 4.78 is 0. The zero-order valence-electron chi connectivity index (χ0n) is 7.44. The molecule has 0 aromatic carbocycles. The normalized spacial score (nSPS) is 21.2. The number of hydrogen-bond donors (Lipinski definition) is 1. The van der Waals surface area contributed by atoms with Crippen molar-refractivity contribution in [3.63, 3.8) is 0 Å². The van der Waals surface area contributed by atoms with Gasteiger partial charge in [0.05, 0.1) is 0 Å². The Labute approximate surface area is 68.3 Å². The molecular formula is C10H15N. The molecule has 1 nitrogen and oxygen atoms in total. The molecule has 0 saturated heterocycles. The van der Waals surface area contributed by atoms with E-state index in [0.29, 0.717) is 11.1 Å². The zero-order valence-corrected chi connectivity index (χ0v) is 7.44. The second-order valence-corrected chi connectivity index (χ2v) is 3.81. The van der Waals surface area contributed by atoms with Crippen LogP contribution in [0.1, 0.15) is 27.2 Å². The van der Waals surface area contributed by atoms with E-state index in [1.54, 1.807) is 0 Å². The lowest BCUT2D eigenvalue weighted by molar-refractivity contribution is 0.483. The van der Waals surface area contributed by atoms with Gasteiger partial charge in [0.2, 0.25) is 0 Å². The summed E-state index contributed by atoms with van der Waals surface area (Å²) in [6.07, 6.45) is 7.42. The lowest BCUT2D eigenvalue weighted by Crippen LogP contribution is -2.10. The third kappa shape index (κ3) is 2.04. The SMILES string of the molecule is CC(=N)C1=CCC(C)(C)C=C1. The average molecular weight is 149 g/mol. The van der Waals surface area contributed by atoms with Crippen LogP contribution in [-0.4, -0.2) is 5.71 Å². The lowest BCUT2D eigenvalue weighted by atomic mass is 9.83. The van der Waals surface area contributed by atoms with Crippen molar-refractivity contribution in [3.8, 4) is 0 Å². The molecular weight excluding hydrogens is 134 g/mol. The van der Waals surface area contributed by atoms with E-state index in [1.165, 1.54) is 0 Å². The second kappa shape index (κ2) is 2.65. The van der Waals surface area contributed by atoms with Crippen LogP contribution < -0.4 is 0 Å². The average Bonchev–Trinajstić information content (AvgIpc) is 1.86. The van der Waals surface area contributed by atoms with Crippen LogP contribution in [0.3, 0.4) is 0 Å². The van der Waals surface area contributed by atoms with E-state index in [0.717, 1.165) is 12.0 Å². The van der Waals surface area contributed by atoms with Crippen molar-refractivity contribution >= 4 is 5.71 Å². The smallest absolute Gasteiger partial charge is 0.0351 e. The standard InChI is InChI=1S/C10H15N/c1-8(11)9-4-6-10(2,3)7-5-9/h4-6,11H,7H2,1-3H3. The van der Waals surface area contributed by atoms with Crippen LogP contribution in [0.2, 0.25) is 0 Å². The Morgan fingerprint density at radius 3 is 2.55 bits per heavy atom. The van der Waals surface area contributed by atoms with Gasteiger partial charge in [0.1, 0.15) is 0 Å². The van der Waals surface area contributed by atoms with Crippen LogP contribution in [-0.2, 0) is 0 Å². The van der Waals surface area contributed by atoms with E-state index in [9.17, 15) is 0 Å². The number of nitrogens with one attached hydrogen (secondary N) is 1. The predicted molar refractivity (Wildman–Crippen MR) is 49.0 cm³/mol. The molecule has 1 N–H and O–H groups in total. The summed E-state index contributed by atoms with van der Waals surface area (Å²) in [7, 11) is 0. The molecule has 0 unspecified atom stereocenters. The molecule has 1 aliphatic carbocycles. The Morgan fingerprint density at radius 1 is 1.55 bits per heavy atom. The fourth-order valence-electron chi connectivity index (χ4n) is 1.10. The maximum Gasteiger partial charge on any atom is 0.0351 e. The molecule has 1 heteroatoms. The van der Waals surface area contributed by atoms with Crippen molar-refractivity contribution in [1.82, 2.24) is 0 Å². The Hall–Kier alpha value is -0.850. The van der Waals surface area contributed by atoms with Gasteiger partial charge in [-0.15, -0.1) is 0 Å². The minimum atomic E-state index is 0.291. The number of hydrogen-bond acceptors (Lipinski definition) is 1. The predicted octanol–water partition coefficient (Wildman–Crippen LogP) is 2.94. The van der Waals surface area contributed by atoms with E-state index in [2.05, 4.69) is 26.0 Å². The first kappa shape index (κ1) is 8.25. The largest absolute Gasteiger partial charge is 0.305 e. The molecule has 0 heterocycles. The summed E-state index contributed by atoms with van der Waals surface area (Å²) in [5.74, 6) is 0. The molecule has 0 fully saturated rings. The van der Waals surface area contributed by atoms with Gasteiger partial charge in [-0.05, 0) is 24.3 Å². The molecule has 0 saturated carbocycles. The highest BCUT2D eigenvalue weighted by Crippen LogP contribution is 2.28. The van der Waals surface area contributed by atoms with Gasteiger partial charge in [0, 0.05) is 5.71 Å². The van der Waals surface area contributed by atoms with Crippen LogP contribution in [0.15, 0.2) is 23.8 Å². The van der Waals surface area contributed by atoms with Crippen LogP contribution in [0.5, 0.6) is 0 Å². The van der Waals surface area contributed by atoms with Crippen LogP contribution in [0.25, 0.3) is 0 Å². The van der Waals surface area contributed by atoms with Crippen LogP contribution >= 0.6 is 0 Å². The summed E-state index contributed by atoms with van der Waals surface area (Å²) in [6, 6.07) is 0. The quantitative estimate of drug-likeness (QED) is 0.554. The molecule has 0 radical (unpaired) electrons. The van der Waals surface area contributed by atoms with Crippen molar-refractivity contribution in [2.45, 2.75) is 27.2 Å². The Bertz CT molecular complexity index is 231. The van der Waals surface area contributed by atoms with Gasteiger partial charge in [-0.3, -0.25) is 0 Å². The summed E-state index contributed by atoms with van der Waals surface area (Å²) in [4.78, 5) is 0. The Morgan fingerprint density at radius 2 is 2.18 bits per heavy atom. The van der Waals surface area contributed by atoms with Gasteiger partial charge in [0.15, 0.2) is 0 Å². The molecule has 0 aromatic heterocycles. The molecule has 0 spiro atoms. The highest BCUT2D eigenvalue weighted by molar-refractivity contribution is 5.98. The van der Waals surface area contributed by atoms with Gasteiger partial charge >= 0.3 is 0 Å². The topological polar surface area (TPSA) is 23.9 Å². The number of rotatable bonds is 1. The van der Waals surface area contributed by atoms with Gasteiger partial charge in [-0.25, -0.2) is 0 Å². The van der Waals surface area contributed by atoms with Crippen LogP contribution in [0.4, 0.5) is 0 Å². The summed E-state index contributed by atoms with van der Waals surface area (Å²) in [5, 5.41) is 7.40. The third-order valence-corrected chi connectivity index (χ3v) is 2.00. The van der Waals surface area contributed by atoms with E-state index in [4.69, 9.17) is 5.41 Å². The van der Waals surface area contributed by atoms with E-state index >= 15 is 0 Å². The summed E-state index contributed by atoms with van der Waals surface area (Å²) >= 11 is 0. The molecule has 0 aliphatic heterocycles. The molecule has 0 atom stereocenters. The highest BCUT2D eigenvalue weighted by Gasteiger charge is 2.15. The first-order valence-corrected chi connectivity index (χ1v) is 3.96. The maximum atomic E-state index is 7.40. The summed E-state index contributed by atoms with van der Waals surface area (Å²) in [6.45, 7) is 6.24. The van der Waals surface area contributed by atoms with Gasteiger partial charge < -0.3 is 5.41 Å². The monoisotopic (exact) mass is 149 g/mol. The zero-order chi connectivity index (χ0) is 8.48. The van der Waals surface area contributed by atoms with Crippen molar-refractivity contribution in [3.05, 3.63) is 23.8 Å².